The summed E-state index contributed by atoms with van der Waals surface area (Å²) in [5.74, 6) is 0.179. The Morgan fingerprint density at radius 1 is 1.33 bits per heavy atom. The van der Waals surface area contributed by atoms with Gasteiger partial charge in [-0.1, -0.05) is 22.0 Å². The lowest BCUT2D eigenvalue weighted by Gasteiger charge is -2.44. The fourth-order valence-electron chi connectivity index (χ4n) is 3.05. The van der Waals surface area contributed by atoms with Crippen LogP contribution in [0, 0.1) is 12.8 Å². The summed E-state index contributed by atoms with van der Waals surface area (Å²) in [4.78, 5) is 27.1. The molecule has 1 aromatic carbocycles. The molecule has 1 aliphatic heterocycles. The number of anilines is 1. The minimum absolute atomic E-state index is 0.00157. The average Bonchev–Trinajstić information content (AvgIpc) is 3.25. The van der Waals surface area contributed by atoms with Crippen LogP contribution >= 0.6 is 15.9 Å². The van der Waals surface area contributed by atoms with Crippen LogP contribution < -0.4 is 10.2 Å². The van der Waals surface area contributed by atoms with Gasteiger partial charge >= 0.3 is 0 Å². The molecular formula is C16H19BrN2O2. The Hall–Kier alpha value is -1.36. The number of rotatable bonds is 2. The molecule has 0 bridgehead atoms. The first kappa shape index (κ1) is 14.6. The highest BCUT2D eigenvalue weighted by molar-refractivity contribution is 9.10. The van der Waals surface area contributed by atoms with Gasteiger partial charge in [0.15, 0.2) is 0 Å². The third kappa shape index (κ3) is 2.27. The molecule has 21 heavy (non-hydrogen) atoms. The zero-order valence-electron chi connectivity index (χ0n) is 12.4. The molecule has 4 nitrogen and oxygen atoms in total. The second-order valence-corrected chi connectivity index (χ2v) is 7.16. The third-order valence-corrected chi connectivity index (χ3v) is 5.13. The van der Waals surface area contributed by atoms with Crippen LogP contribution in [0.4, 0.5) is 5.69 Å². The Bertz CT molecular complexity index is 627. The van der Waals surface area contributed by atoms with E-state index in [1.165, 1.54) is 0 Å². The van der Waals surface area contributed by atoms with E-state index in [2.05, 4.69) is 21.2 Å². The molecule has 2 atom stereocenters. The first-order valence-electron chi connectivity index (χ1n) is 7.26. The molecule has 3 rings (SSSR count). The number of piperazine rings is 1. The van der Waals surface area contributed by atoms with Gasteiger partial charge in [-0.3, -0.25) is 14.5 Å². The predicted octanol–water partition coefficient (Wildman–Crippen LogP) is 2.78. The number of halogens is 1. The van der Waals surface area contributed by atoms with Gasteiger partial charge in [-0.25, -0.2) is 0 Å². The Morgan fingerprint density at radius 3 is 2.62 bits per heavy atom. The van der Waals surface area contributed by atoms with E-state index in [0.717, 1.165) is 28.6 Å². The molecular weight excluding hydrogens is 332 g/mol. The fourth-order valence-corrected chi connectivity index (χ4v) is 3.40. The number of nitrogens with zero attached hydrogens (tertiary/aromatic N) is 1. The summed E-state index contributed by atoms with van der Waals surface area (Å²) in [5.41, 5.74) is 1.04. The number of carbonyl (C=O) groups excluding carboxylic acids is 2. The summed E-state index contributed by atoms with van der Waals surface area (Å²) >= 11 is 3.45. The maximum Gasteiger partial charge on any atom is 0.253 e. The van der Waals surface area contributed by atoms with E-state index in [-0.39, 0.29) is 17.7 Å². The molecule has 112 valence electrons. The van der Waals surface area contributed by atoms with Crippen molar-refractivity contribution < 1.29 is 9.59 Å². The van der Waals surface area contributed by atoms with Crippen LogP contribution in [0.5, 0.6) is 0 Å². The zero-order valence-corrected chi connectivity index (χ0v) is 14.0. The molecule has 2 amide bonds. The Morgan fingerprint density at radius 2 is 2.00 bits per heavy atom. The van der Waals surface area contributed by atoms with E-state index < -0.39 is 11.6 Å². The first-order chi connectivity index (χ1) is 9.84. The van der Waals surface area contributed by atoms with Crippen molar-refractivity contribution in [3.8, 4) is 0 Å². The molecule has 2 unspecified atom stereocenters. The topological polar surface area (TPSA) is 49.4 Å². The lowest BCUT2D eigenvalue weighted by Crippen LogP contribution is -2.70. The SMILES string of the molecule is Cc1ccc(Br)cc1N1C(=O)C(C)(C2CC2)NC(=O)C1C. The molecule has 2 aliphatic rings. The predicted molar refractivity (Wildman–Crippen MR) is 85.1 cm³/mol. The molecule has 1 saturated carbocycles. The smallest absolute Gasteiger partial charge is 0.253 e. The number of hydrogen-bond acceptors (Lipinski definition) is 2. The molecule has 5 heteroatoms. The third-order valence-electron chi connectivity index (χ3n) is 4.64. The molecule has 1 aromatic rings. The van der Waals surface area contributed by atoms with Crippen molar-refractivity contribution in [1.82, 2.24) is 5.32 Å². The Kier molecular flexibility index (Phi) is 3.35. The van der Waals surface area contributed by atoms with Crippen molar-refractivity contribution in [1.29, 1.82) is 0 Å². The van der Waals surface area contributed by atoms with Crippen molar-refractivity contribution >= 4 is 33.4 Å². The highest BCUT2D eigenvalue weighted by Gasteiger charge is 2.55. The molecule has 1 saturated heterocycles. The van der Waals surface area contributed by atoms with Gasteiger partial charge in [0, 0.05) is 10.2 Å². The van der Waals surface area contributed by atoms with E-state index in [9.17, 15) is 9.59 Å². The molecule has 0 spiro atoms. The Labute approximate surface area is 133 Å². The van der Waals surface area contributed by atoms with Crippen LogP contribution in [-0.2, 0) is 9.59 Å². The minimum atomic E-state index is -0.766. The van der Waals surface area contributed by atoms with Crippen LogP contribution in [0.15, 0.2) is 22.7 Å². The monoisotopic (exact) mass is 350 g/mol. The van der Waals surface area contributed by atoms with Gasteiger partial charge in [0.2, 0.25) is 5.91 Å². The van der Waals surface area contributed by atoms with Crippen LogP contribution in [0.3, 0.4) is 0 Å². The largest absolute Gasteiger partial charge is 0.340 e. The quantitative estimate of drug-likeness (QED) is 0.891. The van der Waals surface area contributed by atoms with E-state index in [1.54, 1.807) is 11.8 Å². The summed E-state index contributed by atoms with van der Waals surface area (Å²) in [5, 5.41) is 2.95. The van der Waals surface area contributed by atoms with Crippen LogP contribution in [-0.4, -0.2) is 23.4 Å². The molecule has 1 N–H and O–H groups in total. The second kappa shape index (κ2) is 4.83. The molecule has 0 radical (unpaired) electrons. The maximum absolute atomic E-state index is 13.0. The standard InChI is InChI=1S/C16H19BrN2O2/c1-9-4-7-12(17)8-13(9)19-10(2)14(20)18-16(3,15(19)21)11-5-6-11/h4,7-8,10-11H,5-6H2,1-3H3,(H,18,20). The maximum atomic E-state index is 13.0. The molecule has 2 fully saturated rings. The van der Waals surface area contributed by atoms with E-state index in [0.29, 0.717) is 0 Å². The van der Waals surface area contributed by atoms with E-state index in [1.807, 2.05) is 32.0 Å². The second-order valence-electron chi connectivity index (χ2n) is 6.25. The fraction of sp³-hybridized carbons (Fsp3) is 0.500. The summed E-state index contributed by atoms with van der Waals surface area (Å²) in [6, 6.07) is 5.33. The average molecular weight is 351 g/mol. The normalized spacial score (nSPS) is 29.5. The van der Waals surface area contributed by atoms with Crippen molar-refractivity contribution in [3.63, 3.8) is 0 Å². The van der Waals surface area contributed by atoms with E-state index in [4.69, 9.17) is 0 Å². The van der Waals surface area contributed by atoms with Crippen molar-refractivity contribution in [2.75, 3.05) is 4.90 Å². The van der Waals surface area contributed by atoms with Crippen molar-refractivity contribution in [3.05, 3.63) is 28.2 Å². The van der Waals surface area contributed by atoms with Gasteiger partial charge in [-0.15, -0.1) is 0 Å². The van der Waals surface area contributed by atoms with Gasteiger partial charge in [-0.05, 0) is 57.2 Å². The summed E-state index contributed by atoms with van der Waals surface area (Å²) in [7, 11) is 0. The van der Waals surface area contributed by atoms with Crippen LogP contribution in [0.25, 0.3) is 0 Å². The number of amides is 2. The van der Waals surface area contributed by atoms with Gasteiger partial charge in [0.05, 0.1) is 0 Å². The number of nitrogens with one attached hydrogen (secondary N) is 1. The number of aryl methyl sites for hydroxylation is 1. The number of benzene rings is 1. The van der Waals surface area contributed by atoms with Gasteiger partial charge in [0.25, 0.3) is 5.91 Å². The summed E-state index contributed by atoms with van der Waals surface area (Å²) in [6.45, 7) is 5.60. The van der Waals surface area contributed by atoms with Crippen molar-refractivity contribution in [2.45, 2.75) is 45.2 Å². The van der Waals surface area contributed by atoms with Crippen LogP contribution in [0.1, 0.15) is 32.3 Å². The van der Waals surface area contributed by atoms with E-state index >= 15 is 0 Å². The van der Waals surface area contributed by atoms with Crippen LogP contribution in [0.2, 0.25) is 0 Å². The van der Waals surface area contributed by atoms with Gasteiger partial charge < -0.3 is 5.32 Å². The summed E-state index contributed by atoms with van der Waals surface area (Å²) < 4.78 is 0.905. The minimum Gasteiger partial charge on any atom is -0.340 e. The lowest BCUT2D eigenvalue weighted by molar-refractivity contribution is -0.138. The molecule has 0 aromatic heterocycles. The zero-order chi connectivity index (χ0) is 15.4. The molecule has 1 aliphatic carbocycles. The summed E-state index contributed by atoms with van der Waals surface area (Å²) in [6.07, 6.45) is 2.00. The highest BCUT2D eigenvalue weighted by atomic mass is 79.9. The van der Waals surface area contributed by atoms with Gasteiger partial charge in [0.1, 0.15) is 11.6 Å². The van der Waals surface area contributed by atoms with Gasteiger partial charge in [-0.2, -0.15) is 0 Å². The first-order valence-corrected chi connectivity index (χ1v) is 8.05. The number of carbonyl (C=O) groups is 2. The Balaban J connectivity index is 2.07. The number of hydrogen-bond donors (Lipinski definition) is 1. The van der Waals surface area contributed by atoms with Crippen molar-refractivity contribution in [2.24, 2.45) is 5.92 Å². The lowest BCUT2D eigenvalue weighted by atomic mass is 9.89. The highest BCUT2D eigenvalue weighted by Crippen LogP contribution is 2.43. The molecule has 1 heterocycles.